The van der Waals surface area contributed by atoms with Crippen LogP contribution in [0.2, 0.25) is 0 Å². The van der Waals surface area contributed by atoms with Gasteiger partial charge >= 0.3 is 6.36 Å². The van der Waals surface area contributed by atoms with Gasteiger partial charge in [-0.25, -0.2) is 0 Å². The molecule has 1 aromatic carbocycles. The summed E-state index contributed by atoms with van der Waals surface area (Å²) in [7, 11) is 0. The topological polar surface area (TPSA) is 59.6 Å². The Morgan fingerprint density at radius 1 is 1.37 bits per heavy atom. The fourth-order valence-corrected chi connectivity index (χ4v) is 1.46. The Labute approximate surface area is 113 Å². The number of nitrogens with two attached hydrogens (primary N) is 1. The molecule has 3 N–H and O–H groups in total. The number of benzene rings is 1. The highest BCUT2D eigenvalue weighted by Crippen LogP contribution is 2.23. The Kier molecular flexibility index (Phi) is 5.81. The van der Waals surface area contributed by atoms with E-state index >= 15 is 0 Å². The van der Waals surface area contributed by atoms with Gasteiger partial charge in [0.15, 0.2) is 5.96 Å². The lowest BCUT2D eigenvalue weighted by Crippen LogP contribution is -2.23. The number of anilines is 1. The number of nitrogens with one attached hydrogen (secondary N) is 1. The van der Waals surface area contributed by atoms with Crippen molar-refractivity contribution in [2.45, 2.75) is 6.36 Å². The number of nitrogens with zero attached hydrogens (tertiary/aromatic N) is 1. The van der Waals surface area contributed by atoms with Crippen LogP contribution in [0.4, 0.5) is 18.9 Å². The van der Waals surface area contributed by atoms with Crippen molar-refractivity contribution in [2.75, 3.05) is 23.9 Å². The first-order valence-electron chi connectivity index (χ1n) is 5.32. The van der Waals surface area contributed by atoms with Gasteiger partial charge in [-0.15, -0.1) is 13.2 Å². The van der Waals surface area contributed by atoms with Crippen molar-refractivity contribution in [1.29, 1.82) is 0 Å². The lowest BCUT2D eigenvalue weighted by molar-refractivity contribution is -0.274. The minimum atomic E-state index is -4.69. The SMILES string of the molecule is CSCCN=C(N)Nc1ccc(OC(F)(F)F)cc1. The van der Waals surface area contributed by atoms with Crippen LogP contribution in [0.25, 0.3) is 0 Å². The van der Waals surface area contributed by atoms with Gasteiger partial charge in [-0.3, -0.25) is 4.99 Å². The van der Waals surface area contributed by atoms with E-state index in [1.54, 1.807) is 11.8 Å². The fourth-order valence-electron chi connectivity index (χ4n) is 1.18. The first-order valence-corrected chi connectivity index (χ1v) is 6.72. The number of thioether (sulfide) groups is 1. The van der Waals surface area contributed by atoms with Crippen molar-refractivity contribution in [3.05, 3.63) is 24.3 Å². The second-order valence-electron chi connectivity index (χ2n) is 3.46. The Morgan fingerprint density at radius 2 is 2.00 bits per heavy atom. The Balaban J connectivity index is 2.54. The highest BCUT2D eigenvalue weighted by molar-refractivity contribution is 7.98. The minimum absolute atomic E-state index is 0.221. The molecule has 4 nitrogen and oxygen atoms in total. The number of hydrogen-bond donors (Lipinski definition) is 2. The molecule has 0 aliphatic rings. The van der Waals surface area contributed by atoms with Crippen LogP contribution in [-0.4, -0.2) is 30.9 Å². The molecule has 0 heterocycles. The number of ether oxygens (including phenoxy) is 1. The van der Waals surface area contributed by atoms with E-state index in [1.807, 2.05) is 6.26 Å². The third kappa shape index (κ3) is 6.80. The van der Waals surface area contributed by atoms with Crippen LogP contribution in [0.1, 0.15) is 0 Å². The minimum Gasteiger partial charge on any atom is -0.406 e. The van der Waals surface area contributed by atoms with Crippen LogP contribution in [0.3, 0.4) is 0 Å². The lowest BCUT2D eigenvalue weighted by Gasteiger charge is -2.10. The van der Waals surface area contributed by atoms with Gasteiger partial charge in [0.1, 0.15) is 5.75 Å². The van der Waals surface area contributed by atoms with Crippen LogP contribution in [0.15, 0.2) is 29.3 Å². The van der Waals surface area contributed by atoms with Gasteiger partial charge in [0.05, 0.1) is 6.54 Å². The summed E-state index contributed by atoms with van der Waals surface area (Å²) in [6.45, 7) is 0.579. The molecule has 0 aliphatic carbocycles. The predicted molar refractivity (Wildman–Crippen MR) is 71.6 cm³/mol. The van der Waals surface area contributed by atoms with Crippen molar-refractivity contribution < 1.29 is 17.9 Å². The van der Waals surface area contributed by atoms with E-state index in [4.69, 9.17) is 5.73 Å². The largest absolute Gasteiger partial charge is 0.573 e. The summed E-state index contributed by atoms with van der Waals surface area (Å²) in [5.41, 5.74) is 6.15. The zero-order valence-corrected chi connectivity index (χ0v) is 11.0. The number of halogens is 3. The van der Waals surface area contributed by atoms with Crippen molar-refractivity contribution in [1.82, 2.24) is 0 Å². The molecule has 0 spiro atoms. The van der Waals surface area contributed by atoms with Crippen molar-refractivity contribution in [3.63, 3.8) is 0 Å². The molecular weight excluding hydrogens is 279 g/mol. The molecule has 0 amide bonds. The fraction of sp³-hybridized carbons (Fsp3) is 0.364. The third-order valence-electron chi connectivity index (χ3n) is 1.94. The maximum absolute atomic E-state index is 11.9. The Bertz CT molecular complexity index is 420. The number of alkyl halides is 3. The summed E-state index contributed by atoms with van der Waals surface area (Å²) >= 11 is 1.64. The molecule has 0 bridgehead atoms. The summed E-state index contributed by atoms with van der Waals surface area (Å²) in [5, 5.41) is 2.77. The van der Waals surface area contributed by atoms with E-state index in [1.165, 1.54) is 24.3 Å². The number of guanidine groups is 1. The van der Waals surface area contributed by atoms with Gasteiger partial charge in [-0.2, -0.15) is 11.8 Å². The molecular formula is C11H14F3N3OS. The Hall–Kier alpha value is -1.57. The predicted octanol–water partition coefficient (Wildman–Crippen LogP) is 2.67. The normalized spacial score (nSPS) is 12.3. The number of hydrogen-bond acceptors (Lipinski definition) is 3. The monoisotopic (exact) mass is 293 g/mol. The van der Waals surface area contributed by atoms with E-state index in [0.29, 0.717) is 12.2 Å². The molecule has 0 saturated carbocycles. The van der Waals surface area contributed by atoms with Crippen LogP contribution >= 0.6 is 11.8 Å². The highest BCUT2D eigenvalue weighted by atomic mass is 32.2. The van der Waals surface area contributed by atoms with Crippen molar-refractivity contribution >= 4 is 23.4 Å². The molecule has 19 heavy (non-hydrogen) atoms. The standard InChI is InChI=1S/C11H14F3N3OS/c1-19-7-6-16-10(15)17-8-2-4-9(5-3-8)18-11(12,13)14/h2-5H,6-7H2,1H3,(H3,15,16,17). The van der Waals surface area contributed by atoms with Crippen LogP contribution < -0.4 is 15.8 Å². The summed E-state index contributed by atoms with van der Waals surface area (Å²) in [6.07, 6.45) is -2.73. The third-order valence-corrected chi connectivity index (χ3v) is 2.53. The van der Waals surface area contributed by atoms with E-state index in [0.717, 1.165) is 5.75 Å². The lowest BCUT2D eigenvalue weighted by atomic mass is 10.3. The summed E-state index contributed by atoms with van der Waals surface area (Å²) in [6, 6.07) is 5.26. The molecule has 0 fully saturated rings. The van der Waals surface area contributed by atoms with E-state index in [9.17, 15) is 13.2 Å². The van der Waals surface area contributed by atoms with Gasteiger partial charge in [0.25, 0.3) is 0 Å². The average Bonchev–Trinajstić information content (AvgIpc) is 2.30. The molecule has 0 radical (unpaired) electrons. The van der Waals surface area contributed by atoms with E-state index in [2.05, 4.69) is 15.0 Å². The summed E-state index contributed by atoms with van der Waals surface area (Å²) in [4.78, 5) is 4.04. The first-order chi connectivity index (χ1) is 8.90. The zero-order valence-electron chi connectivity index (χ0n) is 10.2. The van der Waals surface area contributed by atoms with E-state index in [-0.39, 0.29) is 11.7 Å². The number of rotatable bonds is 5. The Morgan fingerprint density at radius 3 is 2.53 bits per heavy atom. The molecule has 0 unspecified atom stereocenters. The molecule has 0 saturated heterocycles. The zero-order chi connectivity index (χ0) is 14.3. The van der Waals surface area contributed by atoms with Crippen LogP contribution in [0.5, 0.6) is 5.75 Å². The quantitative estimate of drug-likeness (QED) is 0.498. The summed E-state index contributed by atoms with van der Waals surface area (Å²) < 4.78 is 39.6. The molecule has 1 rings (SSSR count). The molecule has 0 aliphatic heterocycles. The smallest absolute Gasteiger partial charge is 0.406 e. The van der Waals surface area contributed by atoms with Gasteiger partial charge < -0.3 is 15.8 Å². The first kappa shape index (κ1) is 15.5. The van der Waals surface area contributed by atoms with Gasteiger partial charge in [-0.1, -0.05) is 0 Å². The molecule has 106 valence electrons. The van der Waals surface area contributed by atoms with Gasteiger partial charge in [0.2, 0.25) is 0 Å². The maximum atomic E-state index is 11.9. The van der Waals surface area contributed by atoms with Crippen LogP contribution in [-0.2, 0) is 0 Å². The summed E-state index contributed by atoms with van der Waals surface area (Å²) in [5.74, 6) is 0.787. The molecule has 1 aromatic rings. The molecule has 0 atom stereocenters. The highest BCUT2D eigenvalue weighted by Gasteiger charge is 2.30. The molecule has 0 aromatic heterocycles. The van der Waals surface area contributed by atoms with Gasteiger partial charge in [-0.05, 0) is 30.5 Å². The average molecular weight is 293 g/mol. The second-order valence-corrected chi connectivity index (χ2v) is 4.44. The second kappa shape index (κ2) is 7.13. The maximum Gasteiger partial charge on any atom is 0.573 e. The van der Waals surface area contributed by atoms with Crippen LogP contribution in [0, 0.1) is 0 Å². The number of aliphatic imine (C=N–C) groups is 1. The van der Waals surface area contributed by atoms with Crippen molar-refractivity contribution in [2.24, 2.45) is 10.7 Å². The van der Waals surface area contributed by atoms with Crippen molar-refractivity contribution in [3.8, 4) is 5.75 Å². The van der Waals surface area contributed by atoms with Gasteiger partial charge in [0, 0.05) is 11.4 Å². The molecule has 8 heteroatoms. The van der Waals surface area contributed by atoms with E-state index < -0.39 is 6.36 Å².